The van der Waals surface area contributed by atoms with Gasteiger partial charge in [-0.25, -0.2) is 27.7 Å². The maximum atomic E-state index is 11.6. The van der Waals surface area contributed by atoms with Crippen LogP contribution in [0.25, 0.3) is 0 Å². The topological polar surface area (TPSA) is 88.1 Å². The molecule has 3 rings (SSSR count). The molecular weight excluding hydrogens is 338 g/mol. The lowest BCUT2D eigenvalue weighted by Gasteiger charge is -2.30. The number of anilines is 2. The predicted molar refractivity (Wildman–Crippen MR) is 97.0 cm³/mol. The Balaban J connectivity index is 1.52. The average Bonchev–Trinajstić information content (AvgIpc) is 2.61. The lowest BCUT2D eigenvalue weighted by atomic mass is 9.91. The first-order valence-electron chi connectivity index (χ1n) is 8.45. The van der Waals surface area contributed by atoms with Crippen molar-refractivity contribution in [2.24, 2.45) is 5.92 Å². The van der Waals surface area contributed by atoms with Crippen LogP contribution in [0.3, 0.4) is 0 Å². The van der Waals surface area contributed by atoms with Gasteiger partial charge in [-0.1, -0.05) is 0 Å². The first-order valence-corrected chi connectivity index (χ1v) is 10.3. The van der Waals surface area contributed by atoms with E-state index < -0.39 is 10.0 Å². The highest BCUT2D eigenvalue weighted by Crippen LogP contribution is 2.24. The largest absolute Gasteiger partial charge is 0.309 e. The standard InChI is InChI=1S/C17H23N5O2S/c1-25(23,24)22-11-6-14(7-12-22)3-4-15-5-10-18-16(13-15)21-17-19-8-2-9-20-17/h2,5,8-10,13-14H,3-4,6-7,11-12H2,1H3,(H,18,19,20,21). The Kier molecular flexibility index (Phi) is 5.60. The van der Waals surface area contributed by atoms with Crippen molar-refractivity contribution >= 4 is 21.8 Å². The van der Waals surface area contributed by atoms with E-state index in [1.807, 2.05) is 12.1 Å². The van der Waals surface area contributed by atoms with Crippen LogP contribution >= 0.6 is 0 Å². The van der Waals surface area contributed by atoms with Gasteiger partial charge in [0.15, 0.2) is 0 Å². The second-order valence-electron chi connectivity index (χ2n) is 6.39. The van der Waals surface area contributed by atoms with E-state index in [0.717, 1.165) is 31.5 Å². The van der Waals surface area contributed by atoms with Crippen LogP contribution in [0.1, 0.15) is 24.8 Å². The maximum Gasteiger partial charge on any atom is 0.228 e. The van der Waals surface area contributed by atoms with Crippen molar-refractivity contribution in [3.8, 4) is 0 Å². The summed E-state index contributed by atoms with van der Waals surface area (Å²) in [7, 11) is -3.05. The molecule has 0 bridgehead atoms. The third-order valence-electron chi connectivity index (χ3n) is 4.51. The van der Waals surface area contributed by atoms with Crippen LogP contribution < -0.4 is 5.32 Å². The fraction of sp³-hybridized carbons (Fsp3) is 0.471. The van der Waals surface area contributed by atoms with E-state index in [2.05, 4.69) is 20.3 Å². The minimum atomic E-state index is -3.05. The number of sulfonamides is 1. The van der Waals surface area contributed by atoms with Gasteiger partial charge in [-0.3, -0.25) is 0 Å². The molecule has 0 unspecified atom stereocenters. The number of rotatable bonds is 6. The molecule has 134 valence electrons. The summed E-state index contributed by atoms with van der Waals surface area (Å²) in [6.45, 7) is 1.27. The van der Waals surface area contributed by atoms with Crippen LogP contribution in [0.5, 0.6) is 0 Å². The summed E-state index contributed by atoms with van der Waals surface area (Å²) in [4.78, 5) is 12.6. The Morgan fingerprint density at radius 3 is 2.56 bits per heavy atom. The van der Waals surface area contributed by atoms with Gasteiger partial charge in [0.25, 0.3) is 0 Å². The number of pyridine rings is 1. The normalized spacial score (nSPS) is 16.7. The number of nitrogens with one attached hydrogen (secondary N) is 1. The molecule has 8 heteroatoms. The molecule has 2 aromatic rings. The monoisotopic (exact) mass is 361 g/mol. The summed E-state index contributed by atoms with van der Waals surface area (Å²) in [5.41, 5.74) is 1.21. The van der Waals surface area contributed by atoms with E-state index in [1.165, 1.54) is 11.8 Å². The lowest BCUT2D eigenvalue weighted by Crippen LogP contribution is -2.37. The molecule has 2 aromatic heterocycles. The molecular formula is C17H23N5O2S. The SMILES string of the molecule is CS(=O)(=O)N1CCC(CCc2ccnc(Nc3ncccn3)c2)CC1. The number of aromatic nitrogens is 3. The quantitative estimate of drug-likeness (QED) is 0.849. The summed E-state index contributed by atoms with van der Waals surface area (Å²) in [5.74, 6) is 1.83. The van der Waals surface area contributed by atoms with Crippen molar-refractivity contribution in [2.75, 3.05) is 24.7 Å². The third-order valence-corrected chi connectivity index (χ3v) is 5.82. The summed E-state index contributed by atoms with van der Waals surface area (Å²) in [6.07, 6.45) is 10.3. The Morgan fingerprint density at radius 2 is 1.88 bits per heavy atom. The van der Waals surface area contributed by atoms with Gasteiger partial charge < -0.3 is 5.32 Å². The summed E-state index contributed by atoms with van der Waals surface area (Å²) in [5, 5.41) is 3.10. The van der Waals surface area contributed by atoms with Crippen LogP contribution in [-0.4, -0.2) is 47.0 Å². The molecule has 0 atom stereocenters. The average molecular weight is 361 g/mol. The zero-order valence-electron chi connectivity index (χ0n) is 14.3. The number of aryl methyl sites for hydroxylation is 1. The lowest BCUT2D eigenvalue weighted by molar-refractivity contribution is 0.265. The fourth-order valence-corrected chi connectivity index (χ4v) is 3.95. The highest BCUT2D eigenvalue weighted by Gasteiger charge is 2.24. The Bertz CT molecular complexity index is 790. The van der Waals surface area contributed by atoms with Crippen LogP contribution in [0, 0.1) is 5.92 Å². The molecule has 0 aliphatic carbocycles. The molecule has 7 nitrogen and oxygen atoms in total. The van der Waals surface area contributed by atoms with Gasteiger partial charge in [0, 0.05) is 31.7 Å². The number of hydrogen-bond donors (Lipinski definition) is 1. The molecule has 0 amide bonds. The van der Waals surface area contributed by atoms with E-state index in [4.69, 9.17) is 0 Å². The van der Waals surface area contributed by atoms with Gasteiger partial charge in [0.1, 0.15) is 5.82 Å². The second-order valence-corrected chi connectivity index (χ2v) is 8.37. The van der Waals surface area contributed by atoms with E-state index in [0.29, 0.717) is 25.0 Å². The zero-order valence-corrected chi connectivity index (χ0v) is 15.1. The van der Waals surface area contributed by atoms with Gasteiger partial charge in [0.2, 0.25) is 16.0 Å². The van der Waals surface area contributed by atoms with Gasteiger partial charge in [-0.15, -0.1) is 0 Å². The van der Waals surface area contributed by atoms with Crippen molar-refractivity contribution < 1.29 is 8.42 Å². The molecule has 0 aromatic carbocycles. The predicted octanol–water partition coefficient (Wildman–Crippen LogP) is 2.22. The summed E-state index contributed by atoms with van der Waals surface area (Å²) >= 11 is 0. The van der Waals surface area contributed by atoms with Gasteiger partial charge in [-0.05, 0) is 55.4 Å². The maximum absolute atomic E-state index is 11.6. The highest BCUT2D eigenvalue weighted by molar-refractivity contribution is 7.88. The minimum Gasteiger partial charge on any atom is -0.309 e. The first-order chi connectivity index (χ1) is 12.0. The van der Waals surface area contributed by atoms with Crippen molar-refractivity contribution in [1.82, 2.24) is 19.3 Å². The molecule has 3 heterocycles. The van der Waals surface area contributed by atoms with E-state index >= 15 is 0 Å². The van der Waals surface area contributed by atoms with Crippen molar-refractivity contribution in [1.29, 1.82) is 0 Å². The van der Waals surface area contributed by atoms with Crippen molar-refractivity contribution in [3.63, 3.8) is 0 Å². The van der Waals surface area contributed by atoms with E-state index in [1.54, 1.807) is 29.0 Å². The Hall–Kier alpha value is -2.06. The number of nitrogens with zero attached hydrogens (tertiary/aromatic N) is 4. The molecule has 25 heavy (non-hydrogen) atoms. The summed E-state index contributed by atoms with van der Waals surface area (Å²) in [6, 6.07) is 5.80. The third kappa shape index (κ3) is 5.20. The molecule has 1 N–H and O–H groups in total. The number of piperidine rings is 1. The minimum absolute atomic E-state index is 0.528. The highest BCUT2D eigenvalue weighted by atomic mass is 32.2. The van der Waals surface area contributed by atoms with Crippen LogP contribution in [0.15, 0.2) is 36.8 Å². The van der Waals surface area contributed by atoms with Crippen LogP contribution in [0.2, 0.25) is 0 Å². The fourth-order valence-electron chi connectivity index (χ4n) is 3.08. The zero-order chi connectivity index (χ0) is 17.7. The van der Waals surface area contributed by atoms with Crippen molar-refractivity contribution in [2.45, 2.75) is 25.7 Å². The molecule has 0 spiro atoms. The molecule has 1 fully saturated rings. The van der Waals surface area contributed by atoms with Gasteiger partial charge in [-0.2, -0.15) is 0 Å². The van der Waals surface area contributed by atoms with Gasteiger partial charge >= 0.3 is 0 Å². The molecule has 1 saturated heterocycles. The molecule has 1 aliphatic rings. The summed E-state index contributed by atoms with van der Waals surface area (Å²) < 4.78 is 24.7. The van der Waals surface area contributed by atoms with E-state index in [9.17, 15) is 8.42 Å². The second kappa shape index (κ2) is 7.88. The number of hydrogen-bond acceptors (Lipinski definition) is 6. The Morgan fingerprint density at radius 1 is 1.16 bits per heavy atom. The van der Waals surface area contributed by atoms with E-state index in [-0.39, 0.29) is 0 Å². The molecule has 0 saturated carbocycles. The first kappa shape index (κ1) is 17.8. The Labute approximate surface area is 148 Å². The smallest absolute Gasteiger partial charge is 0.228 e. The van der Waals surface area contributed by atoms with Crippen LogP contribution in [0.4, 0.5) is 11.8 Å². The van der Waals surface area contributed by atoms with Gasteiger partial charge in [0.05, 0.1) is 6.26 Å². The molecule has 1 aliphatic heterocycles. The molecule has 0 radical (unpaired) electrons. The van der Waals surface area contributed by atoms with Crippen LogP contribution in [-0.2, 0) is 16.4 Å². The van der Waals surface area contributed by atoms with Crippen molar-refractivity contribution in [3.05, 3.63) is 42.4 Å².